The van der Waals surface area contributed by atoms with E-state index in [4.69, 9.17) is 27.7 Å². The van der Waals surface area contributed by atoms with E-state index in [0.717, 1.165) is 53.9 Å². The van der Waals surface area contributed by atoms with Crippen LogP contribution < -0.4 is 10.6 Å². The molecule has 0 N–H and O–H groups in total. The summed E-state index contributed by atoms with van der Waals surface area (Å²) >= 11 is 0. The molecule has 166 valence electrons. The molecule has 0 bridgehead atoms. The van der Waals surface area contributed by atoms with Crippen LogP contribution in [0.2, 0.25) is 0 Å². The van der Waals surface area contributed by atoms with E-state index in [9.17, 15) is 8.42 Å². The minimum absolute atomic E-state index is 0.0794. The second-order valence-electron chi connectivity index (χ2n) is 9.66. The lowest BCUT2D eigenvalue weighted by Crippen LogP contribution is -2.38. The number of rotatable bonds is 11. The van der Waals surface area contributed by atoms with Crippen molar-refractivity contribution in [2.75, 3.05) is 53.9 Å². The van der Waals surface area contributed by atoms with Gasteiger partial charge in [0.25, 0.3) is 10.1 Å². The summed E-state index contributed by atoms with van der Waals surface area (Å²) in [6.07, 6.45) is 2.64. The molecular formula is C22H33B3N2O3PS+3. The third kappa shape index (κ3) is 9.03. The number of quaternary nitrogens is 2. The van der Waals surface area contributed by atoms with E-state index in [1.807, 2.05) is 76.7 Å². The molecule has 2 rings (SSSR count). The third-order valence-electron chi connectivity index (χ3n) is 5.22. The van der Waals surface area contributed by atoms with Gasteiger partial charge >= 0.3 is 23.5 Å². The highest BCUT2D eigenvalue weighted by atomic mass is 32.2. The van der Waals surface area contributed by atoms with E-state index in [2.05, 4.69) is 0 Å². The highest BCUT2D eigenvalue weighted by Gasteiger charge is 2.39. The van der Waals surface area contributed by atoms with Crippen molar-refractivity contribution in [1.82, 2.24) is 0 Å². The van der Waals surface area contributed by atoms with Gasteiger partial charge in [0.15, 0.2) is 6.35 Å². The molecule has 32 heavy (non-hydrogen) atoms. The van der Waals surface area contributed by atoms with Crippen LogP contribution in [0.25, 0.3) is 0 Å². The Morgan fingerprint density at radius 3 is 1.41 bits per heavy atom. The van der Waals surface area contributed by atoms with Crippen LogP contribution in [-0.4, -0.2) is 94.6 Å². The van der Waals surface area contributed by atoms with E-state index in [1.54, 1.807) is 0 Å². The lowest BCUT2D eigenvalue weighted by molar-refractivity contribution is -0.772. The fourth-order valence-electron chi connectivity index (χ4n) is 3.17. The van der Waals surface area contributed by atoms with Crippen molar-refractivity contribution >= 4 is 51.4 Å². The van der Waals surface area contributed by atoms with Crippen molar-refractivity contribution in [3.8, 4) is 0 Å². The Balaban J connectivity index is 2.31. The van der Waals surface area contributed by atoms with Crippen molar-refractivity contribution in [1.29, 1.82) is 0 Å². The van der Waals surface area contributed by atoms with E-state index >= 15 is 0 Å². The summed E-state index contributed by atoms with van der Waals surface area (Å²) in [7, 11) is 20.6. The highest BCUT2D eigenvalue weighted by molar-refractivity contribution is 8.08. The Hall–Kier alpha value is -1.11. The molecule has 0 fully saturated rings. The molecule has 0 saturated carbocycles. The van der Waals surface area contributed by atoms with Gasteiger partial charge in [-0.15, -0.1) is 0 Å². The van der Waals surface area contributed by atoms with Crippen LogP contribution >= 0.6 is 7.14 Å². The van der Waals surface area contributed by atoms with Gasteiger partial charge in [-0.2, -0.15) is 8.42 Å². The molecule has 0 aromatic heterocycles. The zero-order chi connectivity index (χ0) is 24.2. The summed E-state index contributed by atoms with van der Waals surface area (Å²) in [5, 5.41) is 1.78. The first-order valence-corrected chi connectivity index (χ1v) is 14.4. The van der Waals surface area contributed by atoms with Crippen molar-refractivity contribution in [2.45, 2.75) is 12.8 Å². The molecule has 0 saturated heterocycles. The minimum Gasteiger partial charge on any atom is -0.401 e. The second-order valence-corrected chi connectivity index (χ2v) is 14.3. The van der Waals surface area contributed by atoms with Crippen molar-refractivity contribution < 1.29 is 21.4 Å². The van der Waals surface area contributed by atoms with E-state index in [1.165, 1.54) is 0 Å². The molecule has 10 heteroatoms. The molecule has 0 atom stereocenters. The first kappa shape index (κ1) is 27.1. The average Bonchev–Trinajstić information content (AvgIpc) is 2.68. The lowest BCUT2D eigenvalue weighted by Gasteiger charge is -2.26. The summed E-state index contributed by atoms with van der Waals surface area (Å²) in [5.41, 5.74) is 2.30. The zero-order valence-corrected chi connectivity index (χ0v) is 21.6. The standard InChI is InChI=1S/C22H33B3N2O3PS/c1-26(2,23)16-14-19-6-10-21(11-7-19)31(25,18-30-32(5,28)29)22-12-8-20(9-13-22)15-17-27(3,4)24/h6-13H,14-18H2,1-5H3/q+3. The smallest absolute Gasteiger partial charge is 0.401 e. The number of likely N-dealkylation sites (N-methyl/N-ethyl adjacent to an activating group) is 2. The van der Waals surface area contributed by atoms with Crippen LogP contribution in [0.1, 0.15) is 11.1 Å². The number of nitrogens with zero attached hydrogens (tertiary/aromatic N) is 2. The summed E-state index contributed by atoms with van der Waals surface area (Å²) in [6, 6.07) is 16.0. The molecule has 0 heterocycles. The number of hydrogen-bond acceptors (Lipinski definition) is 3. The summed E-state index contributed by atoms with van der Waals surface area (Å²) in [5.74, 6) is 0. The zero-order valence-electron chi connectivity index (χ0n) is 19.9. The van der Waals surface area contributed by atoms with Crippen LogP contribution in [0.15, 0.2) is 48.5 Å². The van der Waals surface area contributed by atoms with E-state index in [-0.39, 0.29) is 6.35 Å². The van der Waals surface area contributed by atoms with E-state index < -0.39 is 17.3 Å². The second kappa shape index (κ2) is 10.4. The average molecular weight is 469 g/mol. The maximum absolute atomic E-state index is 11.7. The van der Waals surface area contributed by atoms with Gasteiger partial charge in [0.05, 0.1) is 37.1 Å². The Kier molecular flexibility index (Phi) is 8.86. The van der Waals surface area contributed by atoms with Gasteiger partial charge in [-0.1, -0.05) is 24.3 Å². The molecule has 0 aliphatic heterocycles. The molecular weight excluding hydrogens is 436 g/mol. The summed E-state index contributed by atoms with van der Waals surface area (Å²) in [6.45, 7) is 1.61. The largest absolute Gasteiger partial charge is 0.480 e. The van der Waals surface area contributed by atoms with Crippen LogP contribution in [0.3, 0.4) is 0 Å². The normalized spacial score (nSPS) is 13.3. The molecule has 5 nitrogen and oxygen atoms in total. The number of benzene rings is 2. The van der Waals surface area contributed by atoms with Gasteiger partial charge < -0.3 is 8.79 Å². The summed E-state index contributed by atoms with van der Waals surface area (Å²) in [4.78, 5) is 0. The molecule has 2 aromatic carbocycles. The minimum atomic E-state index is -3.62. The van der Waals surface area contributed by atoms with Gasteiger partial charge in [-0.25, -0.2) is 4.18 Å². The van der Waals surface area contributed by atoms with Gasteiger partial charge in [0.2, 0.25) is 0 Å². The Bertz CT molecular complexity index is 926. The molecule has 0 amide bonds. The predicted octanol–water partition coefficient (Wildman–Crippen LogP) is 1.08. The highest BCUT2D eigenvalue weighted by Crippen LogP contribution is 2.51. The molecule has 0 unspecified atom stereocenters. The van der Waals surface area contributed by atoms with Gasteiger partial charge in [0.1, 0.15) is 0 Å². The molecule has 0 aliphatic carbocycles. The van der Waals surface area contributed by atoms with Gasteiger partial charge in [-0.05, 0) is 35.4 Å². The van der Waals surface area contributed by atoms with Crippen LogP contribution in [0.5, 0.6) is 0 Å². The van der Waals surface area contributed by atoms with Crippen molar-refractivity contribution in [3.63, 3.8) is 0 Å². The fourth-order valence-corrected chi connectivity index (χ4v) is 6.56. The van der Waals surface area contributed by atoms with Crippen LogP contribution in [-0.2, 0) is 27.1 Å². The Morgan fingerprint density at radius 1 is 0.781 bits per heavy atom. The fraction of sp³-hybridized carbons (Fsp3) is 0.455. The maximum Gasteiger partial charge on any atom is 0.480 e. The lowest BCUT2D eigenvalue weighted by atomic mass is 10.1. The molecule has 2 aromatic rings. The van der Waals surface area contributed by atoms with Crippen LogP contribution in [0.4, 0.5) is 0 Å². The van der Waals surface area contributed by atoms with Gasteiger partial charge in [-0.3, -0.25) is 0 Å². The summed E-state index contributed by atoms with van der Waals surface area (Å²) < 4.78 is 29.4. The Morgan fingerprint density at radius 2 is 1.12 bits per heavy atom. The van der Waals surface area contributed by atoms with E-state index in [0.29, 0.717) is 8.79 Å². The predicted molar refractivity (Wildman–Crippen MR) is 138 cm³/mol. The first-order valence-electron chi connectivity index (χ1n) is 10.5. The quantitative estimate of drug-likeness (QED) is 0.281. The van der Waals surface area contributed by atoms with Crippen LogP contribution in [0, 0.1) is 0 Å². The molecule has 0 spiro atoms. The number of hydrogen-bond donors (Lipinski definition) is 0. The SMILES string of the molecule is [B][N+](C)(C)CCc1ccc([P+]([B])(COS(C)(=O)=O)c2ccc(CC[N+]([B])(C)C)cc2)cc1. The maximum atomic E-state index is 11.7. The van der Waals surface area contributed by atoms with Gasteiger partial charge in [0, 0.05) is 41.0 Å². The first-order chi connectivity index (χ1) is 14.6. The van der Waals surface area contributed by atoms with Crippen molar-refractivity contribution in [2.24, 2.45) is 0 Å². The molecule has 6 radical (unpaired) electrons. The topological polar surface area (TPSA) is 43.4 Å². The monoisotopic (exact) mass is 469 g/mol. The van der Waals surface area contributed by atoms with Crippen molar-refractivity contribution in [3.05, 3.63) is 59.7 Å². The third-order valence-corrected chi connectivity index (χ3v) is 8.91. The molecule has 0 aliphatic rings. The Labute approximate surface area is 199 Å².